The van der Waals surface area contributed by atoms with Crippen LogP contribution in [-0.2, 0) is 28.4 Å². The summed E-state index contributed by atoms with van der Waals surface area (Å²) in [6.45, 7) is 0. The Morgan fingerprint density at radius 1 is 0.585 bits per heavy atom. The Morgan fingerprint density at radius 2 is 1.02 bits per heavy atom. The average molecular weight is 777 g/mol. The molecule has 13 rings (SSSR count). The number of aromatic nitrogens is 2. The molecule has 2 heterocycles. The molecule has 2 nitrogen and oxygen atoms in total. The molecule has 0 radical (unpaired) electrons. The second kappa shape index (κ2) is 15.3. The first-order valence-electron chi connectivity index (χ1n) is 20.5. The van der Waals surface area contributed by atoms with E-state index in [2.05, 4.69) is 76.0 Å². The molecule has 8 fully saturated rings. The Labute approximate surface area is 332 Å². The molecule has 1 unspecified atom stereocenters. The second-order valence-corrected chi connectivity index (χ2v) is 21.2. The van der Waals surface area contributed by atoms with E-state index in [1.54, 1.807) is 69.8 Å². The Balaban J connectivity index is 0.000000576. The normalized spacial score (nSPS) is 32.5. The molecule has 280 valence electrons. The summed E-state index contributed by atoms with van der Waals surface area (Å²) in [4.78, 5) is 10.1. The Hall–Kier alpha value is -2.40. The SMILES string of the molecule is PC(c1ccccn1)(c1ccccn1)[c-]1cc(-c2ccccc2)cc1CP(C1C2CC3CC(C2)CC1C3)C1C2CC3CC(C2)CC1C3.[Fe].[cH-]1[cH-][cH-][cH-][cH-]1. The van der Waals surface area contributed by atoms with Crippen molar-refractivity contribution in [2.24, 2.45) is 47.3 Å². The first-order chi connectivity index (χ1) is 25.6. The maximum atomic E-state index is 5.05. The van der Waals surface area contributed by atoms with Gasteiger partial charge in [-0.1, -0.05) is 55.9 Å². The van der Waals surface area contributed by atoms with Gasteiger partial charge in [-0.15, -0.1) is 14.8 Å². The van der Waals surface area contributed by atoms with Crippen molar-refractivity contribution < 1.29 is 17.1 Å². The van der Waals surface area contributed by atoms with E-state index in [0.29, 0.717) is 0 Å². The van der Waals surface area contributed by atoms with Crippen molar-refractivity contribution in [2.75, 3.05) is 0 Å². The van der Waals surface area contributed by atoms with Gasteiger partial charge in [-0.3, -0.25) is 9.97 Å². The summed E-state index contributed by atoms with van der Waals surface area (Å²) in [5, 5.41) is -0.500. The molecule has 0 amide bonds. The van der Waals surface area contributed by atoms with Gasteiger partial charge in [0.05, 0.1) is 5.16 Å². The number of hydrogen-bond acceptors (Lipinski definition) is 2. The molecule has 0 spiro atoms. The van der Waals surface area contributed by atoms with E-state index in [1.807, 2.05) is 54.9 Å². The fourth-order valence-electron chi connectivity index (χ4n) is 13.3. The molecule has 8 saturated carbocycles. The predicted octanol–water partition coefficient (Wildman–Crippen LogP) is 12.1. The van der Waals surface area contributed by atoms with Gasteiger partial charge in [-0.2, -0.15) is 17.2 Å². The van der Waals surface area contributed by atoms with E-state index in [1.165, 1.54) is 22.9 Å². The van der Waals surface area contributed by atoms with Gasteiger partial charge in [-0.25, -0.2) is 6.07 Å². The fraction of sp³-hybridized carbons (Fsp3) is 0.458. The number of benzene rings is 1. The molecule has 5 aromatic rings. The average Bonchev–Trinajstić information content (AvgIpc) is 3.90. The Kier molecular flexibility index (Phi) is 10.4. The van der Waals surface area contributed by atoms with Gasteiger partial charge >= 0.3 is 0 Å². The van der Waals surface area contributed by atoms with Gasteiger partial charge in [-0.05, 0) is 153 Å². The smallest absolute Gasteiger partial charge is 0.0500 e. The van der Waals surface area contributed by atoms with Gasteiger partial charge in [0.2, 0.25) is 0 Å². The fourth-order valence-corrected chi connectivity index (χ4v) is 18.5. The summed E-state index contributed by atoms with van der Waals surface area (Å²) in [7, 11) is 3.17. The number of pyridine rings is 2. The van der Waals surface area contributed by atoms with E-state index < -0.39 is 5.16 Å². The third-order valence-corrected chi connectivity index (χ3v) is 19.5. The molecule has 0 N–H and O–H groups in total. The quantitative estimate of drug-likeness (QED) is 0.0891. The van der Waals surface area contributed by atoms with Crippen LogP contribution in [0.1, 0.15) is 86.7 Å². The van der Waals surface area contributed by atoms with E-state index in [-0.39, 0.29) is 25.0 Å². The minimum atomic E-state index is -0.500. The third-order valence-electron chi connectivity index (χ3n) is 14.7. The standard InChI is InChI=1S/C43H49N2P2.C5H5.Fe/c46-43(39-10-4-6-12-44-39,40-11-5-7-13-45-40)38-25-32(31-8-2-1-3-9-31)24-37(38)26-47(41-33-16-27-14-28(18-33)19-34(41)17-27)42-35-20-29-15-30(22-35)23-36(42)21-29;1-2-4-5-3-1;/h1-13,24-25,27-30,33-36,41-42H,14-23,26,46H2;1-5H;/q-1;-5;. The molecular formula is C48H54FeN2P2-6. The molecule has 1 atom stereocenters. The van der Waals surface area contributed by atoms with Crippen LogP contribution in [0.4, 0.5) is 0 Å². The number of nitrogens with zero attached hydrogens (tertiary/aromatic N) is 2. The summed E-state index contributed by atoms with van der Waals surface area (Å²) in [5.74, 6) is 8.13. The van der Waals surface area contributed by atoms with E-state index in [9.17, 15) is 0 Å². The van der Waals surface area contributed by atoms with E-state index in [0.717, 1.165) is 70.0 Å². The predicted molar refractivity (Wildman–Crippen MR) is 220 cm³/mol. The first kappa shape index (κ1) is 36.3. The van der Waals surface area contributed by atoms with Crippen molar-refractivity contribution in [3.05, 3.63) is 144 Å². The monoisotopic (exact) mass is 776 g/mol. The Morgan fingerprint density at radius 3 is 1.43 bits per heavy atom. The molecule has 0 aliphatic heterocycles. The molecule has 8 bridgehead atoms. The van der Waals surface area contributed by atoms with Crippen LogP contribution in [0.25, 0.3) is 11.1 Å². The van der Waals surface area contributed by atoms with Crippen LogP contribution in [0, 0.1) is 47.3 Å². The van der Waals surface area contributed by atoms with Crippen LogP contribution in [0.5, 0.6) is 0 Å². The van der Waals surface area contributed by atoms with E-state index in [4.69, 9.17) is 9.97 Å². The van der Waals surface area contributed by atoms with Crippen molar-refractivity contribution in [3.63, 3.8) is 0 Å². The van der Waals surface area contributed by atoms with Gasteiger partial charge < -0.3 is 30.3 Å². The molecular weight excluding hydrogens is 722 g/mol. The van der Waals surface area contributed by atoms with Crippen molar-refractivity contribution in [1.29, 1.82) is 0 Å². The van der Waals surface area contributed by atoms with Gasteiger partial charge in [0.25, 0.3) is 0 Å². The zero-order chi connectivity index (χ0) is 34.6. The topological polar surface area (TPSA) is 25.8 Å². The van der Waals surface area contributed by atoms with Crippen molar-refractivity contribution in [1.82, 2.24) is 9.97 Å². The van der Waals surface area contributed by atoms with Crippen LogP contribution in [0.2, 0.25) is 0 Å². The first-order valence-corrected chi connectivity index (χ1v) is 22.7. The van der Waals surface area contributed by atoms with Crippen LogP contribution in [0.3, 0.4) is 0 Å². The zero-order valence-electron chi connectivity index (χ0n) is 30.9. The van der Waals surface area contributed by atoms with Crippen LogP contribution < -0.4 is 0 Å². The molecule has 8 aliphatic carbocycles. The Bertz CT molecular complexity index is 1770. The third kappa shape index (κ3) is 6.80. The van der Waals surface area contributed by atoms with E-state index >= 15 is 0 Å². The molecule has 5 heteroatoms. The summed E-state index contributed by atoms with van der Waals surface area (Å²) in [5.41, 5.74) is 9.79. The summed E-state index contributed by atoms with van der Waals surface area (Å²) < 4.78 is 0. The number of rotatable bonds is 8. The van der Waals surface area contributed by atoms with Crippen molar-refractivity contribution >= 4 is 17.2 Å². The summed E-state index contributed by atoms with van der Waals surface area (Å²) in [6.07, 6.45) is 20.7. The van der Waals surface area contributed by atoms with Crippen LogP contribution in [-0.4, -0.2) is 21.3 Å². The van der Waals surface area contributed by atoms with Gasteiger partial charge in [0.15, 0.2) is 0 Å². The number of hydrogen-bond donors (Lipinski definition) is 0. The van der Waals surface area contributed by atoms with Gasteiger partial charge in [0.1, 0.15) is 0 Å². The summed E-state index contributed by atoms with van der Waals surface area (Å²) in [6, 6.07) is 39.1. The largest absolute Gasteiger partial charge is 0.748 e. The molecule has 3 aromatic carbocycles. The maximum Gasteiger partial charge on any atom is 0.0500 e. The minimum absolute atomic E-state index is 0. The van der Waals surface area contributed by atoms with Gasteiger partial charge in [0, 0.05) is 40.9 Å². The second-order valence-electron chi connectivity index (χ2n) is 17.8. The molecule has 53 heavy (non-hydrogen) atoms. The zero-order valence-corrected chi connectivity index (χ0v) is 34.0. The minimum Gasteiger partial charge on any atom is -0.748 e. The van der Waals surface area contributed by atoms with Crippen molar-refractivity contribution in [2.45, 2.75) is 86.8 Å². The molecule has 8 aliphatic rings. The molecule has 0 saturated heterocycles. The maximum absolute atomic E-state index is 5.05. The summed E-state index contributed by atoms with van der Waals surface area (Å²) >= 11 is 0. The van der Waals surface area contributed by atoms with Crippen LogP contribution in [0.15, 0.2) is 122 Å². The van der Waals surface area contributed by atoms with Crippen molar-refractivity contribution in [3.8, 4) is 11.1 Å². The van der Waals surface area contributed by atoms with Crippen LogP contribution >= 0.6 is 17.2 Å². The molecule has 2 aromatic heterocycles.